The first kappa shape index (κ1) is 18.6. The molecule has 0 aliphatic carbocycles. The minimum atomic E-state index is -0.205. The third-order valence-corrected chi connectivity index (χ3v) is 4.56. The lowest BCUT2D eigenvalue weighted by atomic mass is 10.0. The summed E-state index contributed by atoms with van der Waals surface area (Å²) in [7, 11) is 1.63. The molecule has 1 heterocycles. The van der Waals surface area contributed by atoms with Crippen molar-refractivity contribution in [2.45, 2.75) is 0 Å². The molecule has 1 aliphatic heterocycles. The maximum atomic E-state index is 13.1. The van der Waals surface area contributed by atoms with Crippen molar-refractivity contribution in [2.24, 2.45) is 0 Å². The Morgan fingerprint density at radius 3 is 2.38 bits per heavy atom. The molecule has 0 saturated carbocycles. The fourth-order valence-electron chi connectivity index (χ4n) is 3.08. The van der Waals surface area contributed by atoms with Crippen LogP contribution in [-0.2, 0) is 4.79 Å². The van der Waals surface area contributed by atoms with Crippen LogP contribution < -0.4 is 19.5 Å². The summed E-state index contributed by atoms with van der Waals surface area (Å²) in [6.07, 6.45) is 1.86. The van der Waals surface area contributed by atoms with Gasteiger partial charge in [0, 0.05) is 17.3 Å². The quantitative estimate of drug-likeness (QED) is 0.512. The standard InChI is InChI=1S/C24H21NO4/c1-27-20-10-7-17(8-11-20)15-21(18-5-3-2-4-6-18)24(26)25-19-9-12-22-23(16-19)29-14-13-28-22/h2-12,15-16H,13-14H2,1H3,(H,25,26). The van der Waals surface area contributed by atoms with Crippen LogP contribution in [0.4, 0.5) is 5.69 Å². The number of anilines is 1. The normalized spacial score (nSPS) is 12.9. The van der Waals surface area contributed by atoms with E-state index in [1.165, 1.54) is 0 Å². The van der Waals surface area contributed by atoms with Crippen LogP contribution in [0.3, 0.4) is 0 Å². The van der Waals surface area contributed by atoms with E-state index in [-0.39, 0.29) is 5.91 Å². The Morgan fingerprint density at radius 2 is 1.66 bits per heavy atom. The molecule has 0 bridgehead atoms. The van der Waals surface area contributed by atoms with Crippen LogP contribution in [0.2, 0.25) is 0 Å². The van der Waals surface area contributed by atoms with E-state index in [0.29, 0.717) is 36.0 Å². The summed E-state index contributed by atoms with van der Waals surface area (Å²) in [4.78, 5) is 13.1. The SMILES string of the molecule is COc1ccc(C=C(C(=O)Nc2ccc3c(c2)OCCO3)c2ccccc2)cc1. The predicted octanol–water partition coefficient (Wildman–Crippen LogP) is 4.65. The first-order valence-electron chi connectivity index (χ1n) is 9.35. The van der Waals surface area contributed by atoms with Gasteiger partial charge in [-0.3, -0.25) is 4.79 Å². The number of amides is 1. The van der Waals surface area contributed by atoms with Crippen molar-refractivity contribution in [3.63, 3.8) is 0 Å². The van der Waals surface area contributed by atoms with Gasteiger partial charge in [0.15, 0.2) is 11.5 Å². The minimum absolute atomic E-state index is 0.205. The molecule has 1 N–H and O–H groups in total. The van der Waals surface area contributed by atoms with Crippen LogP contribution >= 0.6 is 0 Å². The van der Waals surface area contributed by atoms with E-state index in [4.69, 9.17) is 14.2 Å². The second-order valence-electron chi connectivity index (χ2n) is 6.51. The van der Waals surface area contributed by atoms with Crippen LogP contribution in [-0.4, -0.2) is 26.2 Å². The highest BCUT2D eigenvalue weighted by atomic mass is 16.6. The molecule has 5 nitrogen and oxygen atoms in total. The highest BCUT2D eigenvalue weighted by Gasteiger charge is 2.16. The van der Waals surface area contributed by atoms with Crippen LogP contribution in [0.5, 0.6) is 17.2 Å². The van der Waals surface area contributed by atoms with Gasteiger partial charge in [0.2, 0.25) is 0 Å². The Labute approximate surface area is 169 Å². The van der Waals surface area contributed by atoms with Gasteiger partial charge in [0.05, 0.1) is 7.11 Å². The summed E-state index contributed by atoms with van der Waals surface area (Å²) in [6.45, 7) is 1.03. The van der Waals surface area contributed by atoms with Gasteiger partial charge >= 0.3 is 0 Å². The Bertz CT molecular complexity index is 1030. The number of rotatable bonds is 5. The zero-order chi connectivity index (χ0) is 20.1. The molecule has 4 rings (SSSR count). The summed E-state index contributed by atoms with van der Waals surface area (Å²) in [5.74, 6) is 1.88. The zero-order valence-corrected chi connectivity index (χ0v) is 16.1. The monoisotopic (exact) mass is 387 g/mol. The molecule has 0 spiro atoms. The van der Waals surface area contributed by atoms with E-state index >= 15 is 0 Å². The number of carbonyl (C=O) groups excluding carboxylic acids is 1. The molecule has 1 aliphatic rings. The van der Waals surface area contributed by atoms with Gasteiger partial charge in [-0.25, -0.2) is 0 Å². The second kappa shape index (κ2) is 8.52. The van der Waals surface area contributed by atoms with Crippen LogP contribution in [0.15, 0.2) is 72.8 Å². The summed E-state index contributed by atoms with van der Waals surface area (Å²) < 4.78 is 16.4. The molecule has 0 atom stereocenters. The summed E-state index contributed by atoms with van der Waals surface area (Å²) in [6, 6.07) is 22.5. The van der Waals surface area contributed by atoms with E-state index in [2.05, 4.69) is 5.32 Å². The zero-order valence-electron chi connectivity index (χ0n) is 16.1. The van der Waals surface area contributed by atoms with Gasteiger partial charge in [-0.15, -0.1) is 0 Å². The third-order valence-electron chi connectivity index (χ3n) is 4.56. The Balaban J connectivity index is 1.63. The molecular formula is C24H21NO4. The molecule has 1 amide bonds. The molecule has 3 aromatic carbocycles. The molecule has 3 aromatic rings. The van der Waals surface area contributed by atoms with E-state index in [1.54, 1.807) is 25.3 Å². The van der Waals surface area contributed by atoms with Gasteiger partial charge < -0.3 is 19.5 Å². The minimum Gasteiger partial charge on any atom is -0.497 e. The Morgan fingerprint density at radius 1 is 0.931 bits per heavy atom. The molecular weight excluding hydrogens is 366 g/mol. The number of fused-ring (bicyclic) bond motifs is 1. The van der Waals surface area contributed by atoms with Crippen LogP contribution in [0, 0.1) is 0 Å². The maximum Gasteiger partial charge on any atom is 0.256 e. The van der Waals surface area contributed by atoms with Crippen molar-refractivity contribution in [2.75, 3.05) is 25.6 Å². The maximum absolute atomic E-state index is 13.1. The van der Waals surface area contributed by atoms with E-state index in [0.717, 1.165) is 16.9 Å². The molecule has 5 heteroatoms. The van der Waals surface area contributed by atoms with Crippen molar-refractivity contribution >= 4 is 23.2 Å². The molecule has 0 fully saturated rings. The lowest BCUT2D eigenvalue weighted by Gasteiger charge is -2.19. The topological polar surface area (TPSA) is 56.8 Å². The first-order chi connectivity index (χ1) is 14.2. The van der Waals surface area contributed by atoms with Gasteiger partial charge in [0.25, 0.3) is 5.91 Å². The average Bonchev–Trinajstić information content (AvgIpc) is 2.78. The molecule has 146 valence electrons. The van der Waals surface area contributed by atoms with E-state index in [1.807, 2.05) is 60.7 Å². The van der Waals surface area contributed by atoms with Gasteiger partial charge in [-0.05, 0) is 41.5 Å². The van der Waals surface area contributed by atoms with Crippen LogP contribution in [0.1, 0.15) is 11.1 Å². The Kier molecular flexibility index (Phi) is 5.47. The highest BCUT2D eigenvalue weighted by Crippen LogP contribution is 2.33. The van der Waals surface area contributed by atoms with Gasteiger partial charge in [-0.1, -0.05) is 42.5 Å². The number of nitrogens with one attached hydrogen (secondary N) is 1. The average molecular weight is 387 g/mol. The molecule has 0 radical (unpaired) electrons. The fourth-order valence-corrected chi connectivity index (χ4v) is 3.08. The van der Waals surface area contributed by atoms with Crippen molar-refractivity contribution < 1.29 is 19.0 Å². The number of carbonyl (C=O) groups is 1. The predicted molar refractivity (Wildman–Crippen MR) is 113 cm³/mol. The van der Waals surface area contributed by atoms with Gasteiger partial charge in [-0.2, -0.15) is 0 Å². The number of benzene rings is 3. The van der Waals surface area contributed by atoms with Crippen molar-refractivity contribution in [1.29, 1.82) is 0 Å². The molecule has 29 heavy (non-hydrogen) atoms. The van der Waals surface area contributed by atoms with Crippen LogP contribution in [0.25, 0.3) is 11.6 Å². The lowest BCUT2D eigenvalue weighted by Crippen LogP contribution is -2.17. The van der Waals surface area contributed by atoms with Crippen molar-refractivity contribution in [3.8, 4) is 17.2 Å². The fraction of sp³-hybridized carbons (Fsp3) is 0.125. The van der Waals surface area contributed by atoms with Gasteiger partial charge in [0.1, 0.15) is 19.0 Å². The lowest BCUT2D eigenvalue weighted by molar-refractivity contribution is -0.111. The second-order valence-corrected chi connectivity index (χ2v) is 6.51. The summed E-state index contributed by atoms with van der Waals surface area (Å²) in [5.41, 5.74) is 2.95. The first-order valence-corrected chi connectivity index (χ1v) is 9.35. The highest BCUT2D eigenvalue weighted by molar-refractivity contribution is 6.29. The summed E-state index contributed by atoms with van der Waals surface area (Å²) in [5, 5.41) is 2.97. The number of hydrogen-bond acceptors (Lipinski definition) is 4. The van der Waals surface area contributed by atoms with Crippen molar-refractivity contribution in [1.82, 2.24) is 0 Å². The number of hydrogen-bond donors (Lipinski definition) is 1. The molecule has 0 saturated heterocycles. The number of ether oxygens (including phenoxy) is 3. The van der Waals surface area contributed by atoms with Crippen molar-refractivity contribution in [3.05, 3.63) is 83.9 Å². The molecule has 0 unspecified atom stereocenters. The Hall–Kier alpha value is -3.73. The smallest absolute Gasteiger partial charge is 0.256 e. The summed E-state index contributed by atoms with van der Waals surface area (Å²) >= 11 is 0. The largest absolute Gasteiger partial charge is 0.497 e. The number of methoxy groups -OCH3 is 1. The molecule has 0 aromatic heterocycles. The van der Waals surface area contributed by atoms with E-state index in [9.17, 15) is 4.79 Å². The third kappa shape index (κ3) is 4.41. The van der Waals surface area contributed by atoms with E-state index < -0.39 is 0 Å².